The minimum Gasteiger partial charge on any atom is -0.0622 e. The summed E-state index contributed by atoms with van der Waals surface area (Å²) in [7, 11) is 0. The molecule has 0 heterocycles. The van der Waals surface area contributed by atoms with Crippen molar-refractivity contribution >= 4 is 0 Å². The van der Waals surface area contributed by atoms with Crippen molar-refractivity contribution in [1.29, 1.82) is 0 Å². The third-order valence-corrected chi connectivity index (χ3v) is 16.5. The van der Waals surface area contributed by atoms with Crippen LogP contribution in [0.5, 0.6) is 0 Å². The number of hydrogen-bond donors (Lipinski definition) is 0. The van der Waals surface area contributed by atoms with Crippen LogP contribution in [0.15, 0.2) is 0 Å². The average Bonchev–Trinajstić information content (AvgIpc) is 3.01. The van der Waals surface area contributed by atoms with Gasteiger partial charge in [0.1, 0.15) is 0 Å². The Balaban J connectivity index is 0.000000135. The molecule has 0 aromatic carbocycles. The molecule has 0 nitrogen and oxygen atoms in total. The summed E-state index contributed by atoms with van der Waals surface area (Å²) in [6.07, 6.45) is 36.0. The summed E-state index contributed by atoms with van der Waals surface area (Å²) < 4.78 is 0. The van der Waals surface area contributed by atoms with Gasteiger partial charge in [-0.25, -0.2) is 0 Å². The maximum absolute atomic E-state index is 2.69. The van der Waals surface area contributed by atoms with Crippen molar-refractivity contribution in [2.45, 2.75) is 168 Å². The molecule has 8 aliphatic rings. The highest BCUT2D eigenvalue weighted by molar-refractivity contribution is 5.01. The van der Waals surface area contributed by atoms with Crippen molar-refractivity contribution in [2.75, 3.05) is 0 Å². The van der Waals surface area contributed by atoms with Gasteiger partial charge in [0, 0.05) is 0 Å². The largest absolute Gasteiger partial charge is 0.0622 e. The van der Waals surface area contributed by atoms with E-state index in [4.69, 9.17) is 0 Å². The fraction of sp³-hybridized carbons (Fsp3) is 1.00. The molecule has 0 aromatic rings. The Morgan fingerprint density at radius 3 is 1.44 bits per heavy atom. The summed E-state index contributed by atoms with van der Waals surface area (Å²) in [4.78, 5) is 0. The van der Waals surface area contributed by atoms with Gasteiger partial charge >= 0.3 is 0 Å². The SMILES string of the molecule is CC1C(C2CCCCC2)CCC2CCC3CCCCC3C21.CC1CCCC2CC3CCC4CCCCC4C3C(C)C12. The monoisotopic (exact) mass is 563 g/mol. The van der Waals surface area contributed by atoms with E-state index in [1.165, 1.54) is 38.5 Å². The first-order valence-corrected chi connectivity index (χ1v) is 20.1. The molecule has 8 saturated carbocycles. The Morgan fingerprint density at radius 1 is 0.293 bits per heavy atom. The van der Waals surface area contributed by atoms with Gasteiger partial charge in [-0.05, 0) is 147 Å². The highest BCUT2D eigenvalue weighted by Crippen LogP contribution is 2.60. The minimum absolute atomic E-state index is 1.02. The smallest absolute Gasteiger partial charge is 0.0326 e. The molecule has 8 rings (SSSR count). The van der Waals surface area contributed by atoms with Crippen LogP contribution >= 0.6 is 0 Å². The number of rotatable bonds is 1. The second-order valence-corrected chi connectivity index (χ2v) is 18.1. The summed E-state index contributed by atoms with van der Waals surface area (Å²) in [6.45, 7) is 7.94. The van der Waals surface area contributed by atoms with Crippen molar-refractivity contribution in [2.24, 2.45) is 88.8 Å². The van der Waals surface area contributed by atoms with Crippen LogP contribution in [0, 0.1) is 88.8 Å². The van der Waals surface area contributed by atoms with Gasteiger partial charge in [-0.15, -0.1) is 0 Å². The zero-order chi connectivity index (χ0) is 27.9. The number of hydrogen-bond acceptors (Lipinski definition) is 0. The van der Waals surface area contributed by atoms with Gasteiger partial charge in [0.2, 0.25) is 0 Å². The van der Waals surface area contributed by atoms with Gasteiger partial charge in [-0.2, -0.15) is 0 Å². The predicted octanol–water partition coefficient (Wildman–Crippen LogP) is 12.4. The summed E-state index contributed by atoms with van der Waals surface area (Å²) in [5.41, 5.74) is 0. The van der Waals surface area contributed by atoms with Crippen LogP contribution in [0.2, 0.25) is 0 Å². The normalized spacial score (nSPS) is 51.9. The second kappa shape index (κ2) is 13.2. The Morgan fingerprint density at radius 2 is 0.756 bits per heavy atom. The van der Waals surface area contributed by atoms with Gasteiger partial charge in [0.15, 0.2) is 0 Å². The summed E-state index contributed by atoms with van der Waals surface area (Å²) in [5.74, 6) is 16.6. The van der Waals surface area contributed by atoms with Gasteiger partial charge in [0.25, 0.3) is 0 Å². The fourth-order valence-electron chi connectivity index (χ4n) is 15.0. The van der Waals surface area contributed by atoms with Crippen molar-refractivity contribution in [1.82, 2.24) is 0 Å². The van der Waals surface area contributed by atoms with Gasteiger partial charge in [-0.3, -0.25) is 0 Å². The maximum Gasteiger partial charge on any atom is -0.0326 e. The first-order chi connectivity index (χ1) is 20.1. The molecule has 234 valence electrons. The second-order valence-electron chi connectivity index (χ2n) is 18.1. The topological polar surface area (TPSA) is 0 Å². The quantitative estimate of drug-likeness (QED) is 0.298. The van der Waals surface area contributed by atoms with Gasteiger partial charge in [-0.1, -0.05) is 111 Å². The van der Waals surface area contributed by atoms with Crippen LogP contribution in [0.25, 0.3) is 0 Å². The molecule has 41 heavy (non-hydrogen) atoms. The molecular weight excluding hydrogens is 492 g/mol. The average molecular weight is 563 g/mol. The zero-order valence-corrected chi connectivity index (χ0v) is 27.9. The molecule has 0 heteroatoms. The lowest BCUT2D eigenvalue weighted by Gasteiger charge is -2.57. The molecule has 8 fully saturated rings. The summed E-state index contributed by atoms with van der Waals surface area (Å²) in [5, 5.41) is 0. The molecular formula is C41H70. The van der Waals surface area contributed by atoms with Crippen LogP contribution in [0.3, 0.4) is 0 Å². The Bertz CT molecular complexity index is 822. The zero-order valence-electron chi connectivity index (χ0n) is 27.9. The van der Waals surface area contributed by atoms with E-state index in [9.17, 15) is 0 Å². The van der Waals surface area contributed by atoms with E-state index in [2.05, 4.69) is 20.8 Å². The highest BCUT2D eigenvalue weighted by atomic mass is 14.6. The first-order valence-electron chi connectivity index (χ1n) is 20.1. The lowest BCUT2D eigenvalue weighted by atomic mass is 9.48. The standard InChI is InChI=1S/C21H36.C20H34/c1-15-19(16-7-3-2-4-8-16)14-13-18-12-11-17-9-5-6-10-20(17)21(15)18;1-13-6-5-8-16-12-17-11-10-15-7-3-4-9-18(15)20(17)14(2)19(13)16/h15-21H,2-14H2,1H3;13-20H,3-12H2,1-2H3. The van der Waals surface area contributed by atoms with Crippen molar-refractivity contribution in [3.8, 4) is 0 Å². The molecule has 0 aromatic heterocycles. The highest BCUT2D eigenvalue weighted by Gasteiger charge is 2.51. The van der Waals surface area contributed by atoms with E-state index >= 15 is 0 Å². The summed E-state index contributed by atoms with van der Waals surface area (Å²) >= 11 is 0. The maximum atomic E-state index is 2.69. The fourth-order valence-corrected chi connectivity index (χ4v) is 15.0. The van der Waals surface area contributed by atoms with E-state index in [1.807, 2.05) is 0 Å². The molecule has 0 aliphatic heterocycles. The van der Waals surface area contributed by atoms with Crippen molar-refractivity contribution in [3.63, 3.8) is 0 Å². The molecule has 14 atom stereocenters. The Labute approximate surface area is 256 Å². The van der Waals surface area contributed by atoms with Gasteiger partial charge in [0.05, 0.1) is 0 Å². The van der Waals surface area contributed by atoms with Crippen molar-refractivity contribution < 1.29 is 0 Å². The third kappa shape index (κ3) is 5.89. The first kappa shape index (κ1) is 29.7. The predicted molar refractivity (Wildman–Crippen MR) is 176 cm³/mol. The molecule has 0 saturated heterocycles. The molecule has 0 N–H and O–H groups in total. The Kier molecular flexibility index (Phi) is 9.53. The lowest BCUT2D eigenvalue weighted by molar-refractivity contribution is -0.0810. The minimum atomic E-state index is 1.02. The van der Waals surface area contributed by atoms with Crippen LogP contribution < -0.4 is 0 Å². The van der Waals surface area contributed by atoms with Crippen LogP contribution in [0.1, 0.15) is 168 Å². The van der Waals surface area contributed by atoms with Crippen LogP contribution in [-0.2, 0) is 0 Å². The summed E-state index contributed by atoms with van der Waals surface area (Å²) in [6, 6.07) is 0. The van der Waals surface area contributed by atoms with E-state index in [-0.39, 0.29) is 0 Å². The van der Waals surface area contributed by atoms with E-state index in [1.54, 1.807) is 109 Å². The molecule has 0 radical (unpaired) electrons. The Hall–Kier alpha value is 0. The molecule has 0 bridgehead atoms. The van der Waals surface area contributed by atoms with Crippen molar-refractivity contribution in [3.05, 3.63) is 0 Å². The molecule has 8 aliphatic carbocycles. The molecule has 14 unspecified atom stereocenters. The third-order valence-electron chi connectivity index (χ3n) is 16.5. The van der Waals surface area contributed by atoms with E-state index in [0.717, 1.165) is 88.8 Å². The van der Waals surface area contributed by atoms with E-state index in [0.29, 0.717) is 0 Å². The molecule has 0 spiro atoms. The van der Waals surface area contributed by atoms with Crippen LogP contribution in [0.4, 0.5) is 0 Å². The van der Waals surface area contributed by atoms with Crippen LogP contribution in [-0.4, -0.2) is 0 Å². The van der Waals surface area contributed by atoms with E-state index < -0.39 is 0 Å². The molecule has 0 amide bonds. The van der Waals surface area contributed by atoms with Gasteiger partial charge < -0.3 is 0 Å². The lowest BCUT2D eigenvalue weighted by Crippen LogP contribution is -2.50. The number of fused-ring (bicyclic) bond motifs is 7.